The average Bonchev–Trinajstić information content (AvgIpc) is 3.66. The van der Waals surface area contributed by atoms with Crippen molar-refractivity contribution in [2.75, 3.05) is 19.7 Å². The van der Waals surface area contributed by atoms with Crippen LogP contribution in [-0.2, 0) is 27.0 Å². The van der Waals surface area contributed by atoms with Gasteiger partial charge in [0.05, 0.1) is 41.7 Å². The van der Waals surface area contributed by atoms with E-state index in [1.807, 2.05) is 129 Å². The number of rotatable bonds is 12. The lowest BCUT2D eigenvalue weighted by Gasteiger charge is -2.46. The van der Waals surface area contributed by atoms with Gasteiger partial charge in [0.2, 0.25) is 5.91 Å². The predicted molar refractivity (Wildman–Crippen MR) is 271 cm³/mol. The standard InChI is InChI=1S/C56H56ClN5O4Si/c1-55(2,3)66-54(64)62-46(33-44-32-45(57)29-30-51(44)62)36-60-37-47(39-65-67(56(4,5)6,48-23-15-9-16-24-48)49-25-17-10-18-26-49)61(52(63)38-60)35-40-27-28-43(34-58)50(31-40)59-53(41-19-11-7-12-20-41)42-21-13-8-14-22-42/h7-33,47H,35-39H2,1-6H3/t47-/m1/s1. The second-order valence-electron chi connectivity index (χ2n) is 19.1. The van der Waals surface area contributed by atoms with Crippen LogP contribution in [0.3, 0.4) is 0 Å². The molecule has 9 nitrogen and oxygen atoms in total. The number of carbonyl (C=O) groups excluding carboxylic acids is 2. The van der Waals surface area contributed by atoms with Gasteiger partial charge in [0.15, 0.2) is 0 Å². The Kier molecular flexibility index (Phi) is 13.8. The second kappa shape index (κ2) is 19.7. The fraction of sp³-hybridized carbons (Fsp3) is 0.250. The molecule has 0 bridgehead atoms. The van der Waals surface area contributed by atoms with Crippen molar-refractivity contribution in [2.45, 2.75) is 71.3 Å². The Morgan fingerprint density at radius 2 is 1.34 bits per heavy atom. The molecular formula is C56H56ClN5O4Si. The topological polar surface area (TPSA) is 100 Å². The summed E-state index contributed by atoms with van der Waals surface area (Å²) < 4.78 is 15.1. The predicted octanol–water partition coefficient (Wildman–Crippen LogP) is 10.9. The van der Waals surface area contributed by atoms with E-state index in [0.717, 1.165) is 38.2 Å². The number of halogens is 1. The van der Waals surface area contributed by atoms with Gasteiger partial charge in [-0.3, -0.25) is 9.69 Å². The van der Waals surface area contributed by atoms with Crippen molar-refractivity contribution in [3.8, 4) is 6.07 Å². The van der Waals surface area contributed by atoms with Crippen molar-refractivity contribution < 1.29 is 18.8 Å². The Morgan fingerprint density at radius 3 is 1.90 bits per heavy atom. The first-order valence-electron chi connectivity index (χ1n) is 22.7. The lowest BCUT2D eigenvalue weighted by atomic mass is 10.0. The summed E-state index contributed by atoms with van der Waals surface area (Å²) in [6.45, 7) is 13.6. The number of carbonyl (C=O) groups is 2. The molecule has 2 heterocycles. The summed E-state index contributed by atoms with van der Waals surface area (Å²) in [4.78, 5) is 38.0. The number of hydrogen-bond acceptors (Lipinski definition) is 7. The first-order chi connectivity index (χ1) is 32.1. The summed E-state index contributed by atoms with van der Waals surface area (Å²) in [5, 5.41) is 13.7. The van der Waals surface area contributed by atoms with Crippen LogP contribution in [0.4, 0.5) is 10.5 Å². The zero-order chi connectivity index (χ0) is 47.3. The van der Waals surface area contributed by atoms with E-state index < -0.39 is 26.1 Å². The van der Waals surface area contributed by atoms with Gasteiger partial charge in [-0.15, -0.1) is 0 Å². The van der Waals surface area contributed by atoms with Crippen LogP contribution in [0.25, 0.3) is 10.9 Å². The third-order valence-corrected chi connectivity index (χ3v) is 17.4. The van der Waals surface area contributed by atoms with E-state index in [2.05, 4.69) is 80.3 Å². The van der Waals surface area contributed by atoms with E-state index in [0.29, 0.717) is 34.0 Å². The number of aliphatic imine (C=N–C) groups is 1. The Balaban J connectivity index is 1.19. The summed E-state index contributed by atoms with van der Waals surface area (Å²) in [6.07, 6.45) is -0.502. The van der Waals surface area contributed by atoms with Gasteiger partial charge < -0.3 is 14.1 Å². The van der Waals surface area contributed by atoms with Crippen LogP contribution in [0.1, 0.15) is 69.5 Å². The highest BCUT2D eigenvalue weighted by atomic mass is 35.5. The molecule has 0 N–H and O–H groups in total. The largest absolute Gasteiger partial charge is 0.443 e. The number of fused-ring (bicyclic) bond motifs is 1. The fourth-order valence-corrected chi connectivity index (χ4v) is 14.0. The number of benzene rings is 6. The molecule has 11 heteroatoms. The van der Waals surface area contributed by atoms with E-state index >= 15 is 0 Å². The van der Waals surface area contributed by atoms with Gasteiger partial charge in [0, 0.05) is 46.9 Å². The van der Waals surface area contributed by atoms with Crippen LogP contribution < -0.4 is 10.4 Å². The Hall–Kier alpha value is -6.61. The van der Waals surface area contributed by atoms with Crippen LogP contribution in [0.15, 0.2) is 169 Å². The average molecular weight is 927 g/mol. The van der Waals surface area contributed by atoms with Crippen molar-refractivity contribution in [2.24, 2.45) is 4.99 Å². The maximum absolute atomic E-state index is 14.9. The number of ether oxygens (including phenoxy) is 1. The number of amides is 1. The maximum Gasteiger partial charge on any atom is 0.419 e. The summed E-state index contributed by atoms with van der Waals surface area (Å²) >= 11 is 6.46. The van der Waals surface area contributed by atoms with E-state index in [1.165, 1.54) is 0 Å². The van der Waals surface area contributed by atoms with Gasteiger partial charge >= 0.3 is 6.09 Å². The van der Waals surface area contributed by atoms with Crippen molar-refractivity contribution in [1.29, 1.82) is 5.26 Å². The molecule has 6 aromatic carbocycles. The summed E-state index contributed by atoms with van der Waals surface area (Å²) in [5.41, 5.74) is 4.98. The molecule has 0 radical (unpaired) electrons. The van der Waals surface area contributed by atoms with Crippen LogP contribution in [0.2, 0.25) is 10.1 Å². The zero-order valence-electron chi connectivity index (χ0n) is 38.9. The molecule has 67 heavy (non-hydrogen) atoms. The molecule has 0 spiro atoms. The number of aromatic nitrogens is 1. The molecule has 8 rings (SSSR count). The first-order valence-corrected chi connectivity index (χ1v) is 24.9. The van der Waals surface area contributed by atoms with Crippen molar-refractivity contribution in [1.82, 2.24) is 14.4 Å². The van der Waals surface area contributed by atoms with Gasteiger partial charge in [-0.2, -0.15) is 5.26 Å². The zero-order valence-corrected chi connectivity index (χ0v) is 40.7. The van der Waals surface area contributed by atoms with E-state index in [-0.39, 0.29) is 37.2 Å². The first kappa shape index (κ1) is 46.9. The molecule has 1 atom stereocenters. The van der Waals surface area contributed by atoms with E-state index in [1.54, 1.807) is 16.7 Å². The molecule has 0 aliphatic carbocycles. The molecule has 1 amide bonds. The fourth-order valence-electron chi connectivity index (χ4n) is 9.19. The SMILES string of the molecule is CC(C)(C)OC(=O)n1c(CN2CC(=O)N(Cc3ccc(C#N)c(N=C(c4ccccc4)c4ccccc4)c3)[C@@H](CO[Si](c3ccccc3)(c3ccccc3)C(C)(C)C)C2)cc2cc(Cl)ccc21. The molecule has 0 saturated carbocycles. The lowest BCUT2D eigenvalue weighted by Crippen LogP contribution is -2.68. The smallest absolute Gasteiger partial charge is 0.419 e. The highest BCUT2D eigenvalue weighted by Crippen LogP contribution is 2.38. The Morgan fingerprint density at radius 1 is 0.761 bits per heavy atom. The van der Waals surface area contributed by atoms with Gasteiger partial charge in [-0.1, -0.05) is 160 Å². The van der Waals surface area contributed by atoms with Gasteiger partial charge in [-0.25, -0.2) is 14.4 Å². The minimum atomic E-state index is -3.04. The summed E-state index contributed by atoms with van der Waals surface area (Å²) in [5.74, 6) is -0.0889. The van der Waals surface area contributed by atoms with Crippen LogP contribution in [-0.4, -0.2) is 71.7 Å². The lowest BCUT2D eigenvalue weighted by molar-refractivity contribution is -0.142. The maximum atomic E-state index is 14.9. The van der Waals surface area contributed by atoms with E-state index in [9.17, 15) is 14.9 Å². The van der Waals surface area contributed by atoms with Gasteiger partial charge in [0.25, 0.3) is 8.32 Å². The van der Waals surface area contributed by atoms with Crippen molar-refractivity contribution in [3.05, 3.63) is 197 Å². The molecule has 0 unspecified atom stereocenters. The van der Waals surface area contributed by atoms with Crippen molar-refractivity contribution in [3.63, 3.8) is 0 Å². The molecule has 1 aliphatic heterocycles. The van der Waals surface area contributed by atoms with Crippen LogP contribution >= 0.6 is 11.6 Å². The third kappa shape index (κ3) is 10.4. The molecule has 1 aromatic heterocycles. The molecule has 1 fully saturated rings. The van der Waals surface area contributed by atoms with E-state index in [4.69, 9.17) is 25.8 Å². The van der Waals surface area contributed by atoms with Gasteiger partial charge in [-0.05, 0) is 78.1 Å². The van der Waals surface area contributed by atoms with Crippen LogP contribution in [0.5, 0.6) is 0 Å². The third-order valence-electron chi connectivity index (χ3n) is 12.2. The molecule has 7 aromatic rings. The normalized spacial score (nSPS) is 14.7. The summed E-state index contributed by atoms with van der Waals surface area (Å²) in [7, 11) is -3.04. The number of hydrogen-bond donors (Lipinski definition) is 0. The Labute approximate surface area is 400 Å². The molecule has 340 valence electrons. The van der Waals surface area contributed by atoms with Gasteiger partial charge in [0.1, 0.15) is 11.7 Å². The molecular weight excluding hydrogens is 870 g/mol. The minimum absolute atomic E-state index is 0.0889. The second-order valence-corrected chi connectivity index (χ2v) is 23.9. The quantitative estimate of drug-likeness (QED) is 0.0894. The van der Waals surface area contributed by atoms with Crippen molar-refractivity contribution >= 4 is 64.6 Å². The number of nitrogens with zero attached hydrogens (tertiary/aromatic N) is 5. The van der Waals surface area contributed by atoms with Crippen LogP contribution in [0, 0.1) is 11.3 Å². The molecule has 1 saturated heterocycles. The Bertz CT molecular complexity index is 2860. The highest BCUT2D eigenvalue weighted by molar-refractivity contribution is 6.99. The number of piperazine rings is 1. The summed E-state index contributed by atoms with van der Waals surface area (Å²) in [6, 6.07) is 55.8. The highest BCUT2D eigenvalue weighted by Gasteiger charge is 2.51. The monoisotopic (exact) mass is 925 g/mol. The minimum Gasteiger partial charge on any atom is -0.443 e. The number of nitriles is 1. The molecule has 1 aliphatic rings.